The van der Waals surface area contributed by atoms with Crippen LogP contribution < -0.4 is 15.4 Å². The first-order valence-corrected chi connectivity index (χ1v) is 9.07. The molecule has 0 bridgehead atoms. The van der Waals surface area contributed by atoms with E-state index < -0.39 is 0 Å². The summed E-state index contributed by atoms with van der Waals surface area (Å²) < 4.78 is 5.67. The lowest BCUT2D eigenvalue weighted by Gasteiger charge is -2.19. The van der Waals surface area contributed by atoms with E-state index >= 15 is 0 Å². The van der Waals surface area contributed by atoms with Gasteiger partial charge < -0.3 is 15.4 Å². The Bertz CT molecular complexity index is 563. The van der Waals surface area contributed by atoms with E-state index in [1.165, 1.54) is 32.1 Å². The second-order valence-corrected chi connectivity index (χ2v) is 6.57. The Morgan fingerprint density at radius 2 is 2.08 bits per heavy atom. The number of amides is 2. The van der Waals surface area contributed by atoms with E-state index in [0.29, 0.717) is 12.5 Å². The highest BCUT2D eigenvalue weighted by Gasteiger charge is 2.14. The van der Waals surface area contributed by atoms with Gasteiger partial charge in [-0.05, 0) is 45.6 Å². The molecule has 0 spiro atoms. The summed E-state index contributed by atoms with van der Waals surface area (Å²) in [5.41, 5.74) is 2.16. The molecule has 1 aromatic carbocycles. The Morgan fingerprint density at radius 1 is 1.33 bits per heavy atom. The number of urea groups is 1. The van der Waals surface area contributed by atoms with Gasteiger partial charge in [-0.25, -0.2) is 4.79 Å². The van der Waals surface area contributed by atoms with E-state index in [9.17, 15) is 4.79 Å². The highest BCUT2D eigenvalue weighted by molar-refractivity contribution is 5.75. The van der Waals surface area contributed by atoms with Crippen molar-refractivity contribution in [2.45, 2.75) is 58.9 Å². The van der Waals surface area contributed by atoms with Gasteiger partial charge in [0.1, 0.15) is 5.75 Å². The van der Waals surface area contributed by atoms with Gasteiger partial charge in [0.05, 0.1) is 12.6 Å². The monoisotopic (exact) mass is 330 g/mol. The fraction of sp³-hybridized carbons (Fsp3) is 0.550. The topological polar surface area (TPSA) is 50.4 Å². The fourth-order valence-corrected chi connectivity index (χ4v) is 3.20. The summed E-state index contributed by atoms with van der Waals surface area (Å²) in [4.78, 5) is 12.1. The zero-order valence-corrected chi connectivity index (χ0v) is 15.1. The standard InChI is InChI=1S/C20H30N2O2/c1-4-24-19-11-10-15(2)14-18(19)16(3)22-20(23)21-13-12-17-8-6-5-7-9-17/h10-14,16-17H,4-9H2,1-3H3,(H2,21,22,23)/b13-12+. The second kappa shape index (κ2) is 9.36. The van der Waals surface area contributed by atoms with Crippen molar-refractivity contribution in [3.8, 4) is 5.75 Å². The highest BCUT2D eigenvalue weighted by Crippen LogP contribution is 2.26. The van der Waals surface area contributed by atoms with Crippen molar-refractivity contribution in [3.63, 3.8) is 0 Å². The molecular formula is C20H30N2O2. The lowest BCUT2D eigenvalue weighted by molar-refractivity contribution is 0.240. The van der Waals surface area contributed by atoms with Crippen LogP contribution in [0.2, 0.25) is 0 Å². The zero-order chi connectivity index (χ0) is 17.4. The van der Waals surface area contributed by atoms with Gasteiger partial charge in [-0.15, -0.1) is 0 Å². The fourth-order valence-electron chi connectivity index (χ4n) is 3.20. The predicted octanol–water partition coefficient (Wildman–Crippen LogP) is 4.85. The van der Waals surface area contributed by atoms with Crippen molar-refractivity contribution in [3.05, 3.63) is 41.6 Å². The molecule has 0 radical (unpaired) electrons. The summed E-state index contributed by atoms with van der Waals surface area (Å²) in [5.74, 6) is 1.44. The van der Waals surface area contributed by atoms with Crippen molar-refractivity contribution in [1.29, 1.82) is 0 Å². The van der Waals surface area contributed by atoms with Crippen LogP contribution in [-0.2, 0) is 0 Å². The molecule has 1 saturated carbocycles. The maximum absolute atomic E-state index is 12.1. The molecule has 1 atom stereocenters. The minimum atomic E-state index is -0.182. The van der Waals surface area contributed by atoms with E-state index in [1.54, 1.807) is 6.20 Å². The first kappa shape index (κ1) is 18.4. The maximum atomic E-state index is 12.1. The number of benzene rings is 1. The van der Waals surface area contributed by atoms with Crippen molar-refractivity contribution in [1.82, 2.24) is 10.6 Å². The van der Waals surface area contributed by atoms with Crippen LogP contribution >= 0.6 is 0 Å². The van der Waals surface area contributed by atoms with Crippen molar-refractivity contribution in [2.24, 2.45) is 5.92 Å². The normalized spacial score (nSPS) is 16.8. The molecule has 2 rings (SSSR count). The van der Waals surface area contributed by atoms with Gasteiger partial charge >= 0.3 is 6.03 Å². The molecule has 2 N–H and O–H groups in total. The summed E-state index contributed by atoms with van der Waals surface area (Å²) in [6.07, 6.45) is 10.3. The van der Waals surface area contributed by atoms with Gasteiger partial charge in [0.25, 0.3) is 0 Å². The van der Waals surface area contributed by atoms with Gasteiger partial charge in [-0.1, -0.05) is 43.0 Å². The third-order valence-electron chi connectivity index (χ3n) is 4.51. The van der Waals surface area contributed by atoms with Crippen LogP contribution in [0.3, 0.4) is 0 Å². The minimum absolute atomic E-state index is 0.116. The maximum Gasteiger partial charge on any atom is 0.319 e. The molecule has 1 aromatic rings. The van der Waals surface area contributed by atoms with Crippen molar-refractivity contribution in [2.75, 3.05) is 6.61 Å². The number of ether oxygens (including phenoxy) is 1. The Kier molecular flexibility index (Phi) is 7.16. The van der Waals surface area contributed by atoms with E-state index in [2.05, 4.69) is 22.8 Å². The molecule has 0 saturated heterocycles. The second-order valence-electron chi connectivity index (χ2n) is 6.57. The predicted molar refractivity (Wildman–Crippen MR) is 98.1 cm³/mol. The first-order chi connectivity index (χ1) is 11.6. The van der Waals surface area contributed by atoms with Gasteiger partial charge in [0, 0.05) is 11.8 Å². The van der Waals surface area contributed by atoms with Crippen LogP contribution in [0.1, 0.15) is 63.1 Å². The molecule has 0 aromatic heterocycles. The van der Waals surface area contributed by atoms with Crippen LogP contribution in [-0.4, -0.2) is 12.6 Å². The SMILES string of the molecule is CCOc1ccc(C)cc1C(C)NC(=O)N/C=C/C1CCCCC1. The van der Waals surface area contributed by atoms with Gasteiger partial charge in [-0.3, -0.25) is 0 Å². The largest absolute Gasteiger partial charge is 0.494 e. The van der Waals surface area contributed by atoms with E-state index in [1.807, 2.05) is 32.9 Å². The smallest absolute Gasteiger partial charge is 0.319 e. The summed E-state index contributed by atoms with van der Waals surface area (Å²) in [6, 6.07) is 5.75. The third kappa shape index (κ3) is 5.59. The number of hydrogen-bond acceptors (Lipinski definition) is 2. The quantitative estimate of drug-likeness (QED) is 0.783. The molecule has 2 amide bonds. The number of carbonyl (C=O) groups is 1. The number of nitrogens with one attached hydrogen (secondary N) is 2. The number of carbonyl (C=O) groups excluding carboxylic acids is 1. The van der Waals surface area contributed by atoms with Crippen LogP contribution in [0.5, 0.6) is 5.75 Å². The Balaban J connectivity index is 1.89. The lowest BCUT2D eigenvalue weighted by atomic mass is 9.89. The molecular weight excluding hydrogens is 300 g/mol. The first-order valence-electron chi connectivity index (χ1n) is 9.07. The molecule has 1 fully saturated rings. The summed E-state index contributed by atoms with van der Waals surface area (Å²) >= 11 is 0. The van der Waals surface area contributed by atoms with Crippen molar-refractivity contribution >= 4 is 6.03 Å². The van der Waals surface area contributed by atoms with Gasteiger partial charge in [-0.2, -0.15) is 0 Å². The van der Waals surface area contributed by atoms with Crippen LogP contribution in [0.25, 0.3) is 0 Å². The van der Waals surface area contributed by atoms with Crippen LogP contribution in [0, 0.1) is 12.8 Å². The average molecular weight is 330 g/mol. The number of rotatable bonds is 6. The highest BCUT2D eigenvalue weighted by atomic mass is 16.5. The number of allylic oxidation sites excluding steroid dienone is 1. The molecule has 132 valence electrons. The molecule has 1 aliphatic rings. The number of hydrogen-bond donors (Lipinski definition) is 2. The summed E-state index contributed by atoms with van der Waals surface area (Å²) in [5, 5.41) is 5.80. The van der Waals surface area contributed by atoms with Gasteiger partial charge in [0.2, 0.25) is 0 Å². The number of aryl methyl sites for hydroxylation is 1. The molecule has 1 aliphatic carbocycles. The summed E-state index contributed by atoms with van der Waals surface area (Å²) in [6.45, 7) is 6.59. The minimum Gasteiger partial charge on any atom is -0.494 e. The summed E-state index contributed by atoms with van der Waals surface area (Å²) in [7, 11) is 0. The molecule has 4 heteroatoms. The Hall–Kier alpha value is -1.97. The molecule has 1 unspecified atom stereocenters. The molecule has 0 aliphatic heterocycles. The Morgan fingerprint density at radius 3 is 2.79 bits per heavy atom. The van der Waals surface area contributed by atoms with Crippen LogP contribution in [0.4, 0.5) is 4.79 Å². The zero-order valence-electron chi connectivity index (χ0n) is 15.1. The van der Waals surface area contributed by atoms with Crippen LogP contribution in [0.15, 0.2) is 30.5 Å². The lowest BCUT2D eigenvalue weighted by Crippen LogP contribution is -2.34. The van der Waals surface area contributed by atoms with E-state index in [-0.39, 0.29) is 12.1 Å². The molecule has 0 heterocycles. The van der Waals surface area contributed by atoms with Gasteiger partial charge in [0.15, 0.2) is 0 Å². The Labute approximate surface area is 145 Å². The third-order valence-corrected chi connectivity index (χ3v) is 4.51. The average Bonchev–Trinajstić information content (AvgIpc) is 2.57. The van der Waals surface area contributed by atoms with E-state index in [4.69, 9.17) is 4.74 Å². The molecule has 24 heavy (non-hydrogen) atoms. The van der Waals surface area contributed by atoms with E-state index in [0.717, 1.165) is 16.9 Å². The van der Waals surface area contributed by atoms with Crippen molar-refractivity contribution < 1.29 is 9.53 Å². The molecule has 4 nitrogen and oxygen atoms in total.